The van der Waals surface area contributed by atoms with Crippen LogP contribution in [-0.4, -0.2) is 36.3 Å². The zero-order chi connectivity index (χ0) is 12.3. The van der Waals surface area contributed by atoms with Crippen molar-refractivity contribution in [2.45, 2.75) is 56.6 Å². The maximum Gasteiger partial charge on any atom is 0.0795 e. The Morgan fingerprint density at radius 1 is 1.50 bits per heavy atom. The van der Waals surface area contributed by atoms with Crippen LogP contribution in [0.4, 0.5) is 0 Å². The molecule has 3 rings (SSSR count). The third-order valence-corrected chi connectivity index (χ3v) is 5.80. The average molecular weight is 267 g/mol. The number of hydrogen-bond donors (Lipinski definition) is 1. The Labute approximate surface area is 115 Å². The largest absolute Gasteiger partial charge is 0.374 e. The summed E-state index contributed by atoms with van der Waals surface area (Å²) in [4.78, 5) is 0. The Morgan fingerprint density at radius 3 is 3.28 bits per heavy atom. The summed E-state index contributed by atoms with van der Waals surface area (Å²) in [6.07, 6.45) is 11.4. The highest BCUT2D eigenvalue weighted by molar-refractivity contribution is 7.99. The van der Waals surface area contributed by atoms with Gasteiger partial charge in [0.1, 0.15) is 0 Å². The Hall–Kier alpha value is 0.0100. The quantitative estimate of drug-likeness (QED) is 0.791. The molecule has 18 heavy (non-hydrogen) atoms. The maximum absolute atomic E-state index is 6.06. The molecule has 3 heteroatoms. The molecule has 0 saturated carbocycles. The van der Waals surface area contributed by atoms with Gasteiger partial charge in [0.15, 0.2) is 0 Å². The van der Waals surface area contributed by atoms with Crippen LogP contribution < -0.4 is 5.32 Å². The van der Waals surface area contributed by atoms with Crippen molar-refractivity contribution >= 4 is 11.8 Å². The van der Waals surface area contributed by atoms with E-state index in [0.29, 0.717) is 6.04 Å². The Kier molecular flexibility index (Phi) is 4.32. The van der Waals surface area contributed by atoms with Crippen molar-refractivity contribution in [2.24, 2.45) is 0 Å². The Balaban J connectivity index is 1.42. The first-order valence-electron chi connectivity index (χ1n) is 7.49. The molecule has 1 spiro atoms. The van der Waals surface area contributed by atoms with E-state index < -0.39 is 0 Å². The first kappa shape index (κ1) is 13.0. The van der Waals surface area contributed by atoms with Crippen molar-refractivity contribution in [2.75, 3.05) is 24.7 Å². The summed E-state index contributed by atoms with van der Waals surface area (Å²) in [5.41, 5.74) is 1.91. The van der Waals surface area contributed by atoms with Crippen LogP contribution in [0, 0.1) is 0 Å². The summed E-state index contributed by atoms with van der Waals surface area (Å²) in [6, 6.07) is 0.694. The van der Waals surface area contributed by atoms with Gasteiger partial charge in [0.05, 0.1) is 5.60 Å². The van der Waals surface area contributed by atoms with E-state index in [1.165, 1.54) is 63.0 Å². The van der Waals surface area contributed by atoms with Crippen LogP contribution in [0.2, 0.25) is 0 Å². The number of rotatable bonds is 4. The van der Waals surface area contributed by atoms with Gasteiger partial charge in [-0.3, -0.25) is 0 Å². The highest BCUT2D eigenvalue weighted by atomic mass is 32.2. The number of allylic oxidation sites excluding steroid dienone is 1. The molecule has 1 N–H and O–H groups in total. The lowest BCUT2D eigenvalue weighted by Crippen LogP contribution is -2.47. The predicted molar refractivity (Wildman–Crippen MR) is 78.2 cm³/mol. The second kappa shape index (κ2) is 5.98. The lowest BCUT2D eigenvalue weighted by atomic mass is 9.90. The number of nitrogens with one attached hydrogen (secondary N) is 1. The van der Waals surface area contributed by atoms with Gasteiger partial charge in [0, 0.05) is 18.4 Å². The minimum atomic E-state index is 0.229. The molecule has 3 aliphatic rings. The molecule has 2 aliphatic heterocycles. The van der Waals surface area contributed by atoms with Gasteiger partial charge >= 0.3 is 0 Å². The molecule has 0 radical (unpaired) electrons. The van der Waals surface area contributed by atoms with E-state index in [1.807, 2.05) is 0 Å². The van der Waals surface area contributed by atoms with Gasteiger partial charge < -0.3 is 10.1 Å². The number of hydrogen-bond acceptors (Lipinski definition) is 3. The van der Waals surface area contributed by atoms with Gasteiger partial charge in [-0.2, -0.15) is 11.8 Å². The first-order chi connectivity index (χ1) is 8.86. The molecule has 0 aromatic rings. The van der Waals surface area contributed by atoms with Gasteiger partial charge in [-0.15, -0.1) is 0 Å². The maximum atomic E-state index is 6.06. The van der Waals surface area contributed by atoms with Gasteiger partial charge in [-0.25, -0.2) is 0 Å². The van der Waals surface area contributed by atoms with Crippen LogP contribution in [0.3, 0.4) is 0 Å². The first-order valence-corrected chi connectivity index (χ1v) is 8.65. The predicted octanol–water partition coefficient (Wildman–Crippen LogP) is 3.13. The third-order valence-electron chi connectivity index (χ3n) is 4.57. The molecule has 0 aromatic carbocycles. The van der Waals surface area contributed by atoms with E-state index in [1.54, 1.807) is 5.57 Å². The van der Waals surface area contributed by atoms with Gasteiger partial charge in [0.2, 0.25) is 0 Å². The summed E-state index contributed by atoms with van der Waals surface area (Å²) in [5, 5.41) is 3.77. The average Bonchev–Trinajstić information content (AvgIpc) is 3.02. The monoisotopic (exact) mass is 267 g/mol. The normalized spacial score (nSPS) is 36.2. The van der Waals surface area contributed by atoms with Crippen LogP contribution in [0.5, 0.6) is 0 Å². The van der Waals surface area contributed by atoms with Crippen molar-refractivity contribution in [3.05, 3.63) is 11.6 Å². The summed E-state index contributed by atoms with van der Waals surface area (Å²) >= 11 is 2.06. The summed E-state index contributed by atoms with van der Waals surface area (Å²) in [6.45, 7) is 2.13. The number of ether oxygens (including phenoxy) is 1. The molecular formula is C15H25NOS. The second-order valence-corrected chi connectivity index (χ2v) is 7.09. The molecule has 2 nitrogen and oxygen atoms in total. The Morgan fingerprint density at radius 2 is 2.50 bits per heavy atom. The fourth-order valence-corrected chi connectivity index (χ4v) is 4.84. The molecule has 1 aliphatic carbocycles. The van der Waals surface area contributed by atoms with E-state index in [9.17, 15) is 0 Å². The van der Waals surface area contributed by atoms with Crippen molar-refractivity contribution in [1.29, 1.82) is 0 Å². The summed E-state index contributed by atoms with van der Waals surface area (Å²) in [7, 11) is 0. The molecule has 2 unspecified atom stereocenters. The van der Waals surface area contributed by atoms with Crippen LogP contribution in [-0.2, 0) is 4.74 Å². The molecule has 2 heterocycles. The molecule has 102 valence electrons. The van der Waals surface area contributed by atoms with E-state index in [4.69, 9.17) is 4.74 Å². The van der Waals surface area contributed by atoms with Crippen molar-refractivity contribution in [1.82, 2.24) is 5.32 Å². The molecule has 2 fully saturated rings. The van der Waals surface area contributed by atoms with Crippen LogP contribution in [0.15, 0.2) is 11.6 Å². The highest BCUT2D eigenvalue weighted by Crippen LogP contribution is 2.38. The SMILES string of the molecule is C1=C(CCNC2CCOC3(CCSC3)C2)CCC1. The molecule has 2 atom stereocenters. The summed E-state index contributed by atoms with van der Waals surface area (Å²) < 4.78 is 6.06. The van der Waals surface area contributed by atoms with Crippen molar-refractivity contribution < 1.29 is 4.74 Å². The lowest BCUT2D eigenvalue weighted by molar-refractivity contribution is -0.0699. The van der Waals surface area contributed by atoms with Crippen molar-refractivity contribution in [3.8, 4) is 0 Å². The third kappa shape index (κ3) is 3.12. The second-order valence-electron chi connectivity index (χ2n) is 5.98. The van der Waals surface area contributed by atoms with Gasteiger partial charge in [-0.1, -0.05) is 11.6 Å². The lowest BCUT2D eigenvalue weighted by Gasteiger charge is -2.38. The van der Waals surface area contributed by atoms with Crippen LogP contribution in [0.25, 0.3) is 0 Å². The van der Waals surface area contributed by atoms with E-state index in [-0.39, 0.29) is 5.60 Å². The minimum Gasteiger partial charge on any atom is -0.374 e. The van der Waals surface area contributed by atoms with E-state index in [2.05, 4.69) is 23.2 Å². The zero-order valence-corrected chi connectivity index (χ0v) is 12.1. The molecule has 0 amide bonds. The van der Waals surface area contributed by atoms with Gasteiger partial charge in [-0.05, 0) is 57.2 Å². The standard InChI is InChI=1S/C15H25NOS/c1-2-4-13(3-1)5-8-16-14-6-9-17-15(11-14)7-10-18-12-15/h3,14,16H,1-2,4-12H2. The Bertz CT molecular complexity index is 310. The minimum absolute atomic E-state index is 0.229. The molecule has 0 bridgehead atoms. The van der Waals surface area contributed by atoms with Crippen LogP contribution >= 0.6 is 11.8 Å². The fourth-order valence-electron chi connectivity index (χ4n) is 3.47. The summed E-state index contributed by atoms with van der Waals surface area (Å²) in [5.74, 6) is 2.51. The zero-order valence-electron chi connectivity index (χ0n) is 11.2. The smallest absolute Gasteiger partial charge is 0.0795 e. The molecular weight excluding hydrogens is 242 g/mol. The van der Waals surface area contributed by atoms with Crippen LogP contribution in [0.1, 0.15) is 44.9 Å². The number of thioether (sulfide) groups is 1. The molecule has 0 aromatic heterocycles. The van der Waals surface area contributed by atoms with Crippen molar-refractivity contribution in [3.63, 3.8) is 0 Å². The van der Waals surface area contributed by atoms with E-state index in [0.717, 1.165) is 6.61 Å². The molecule has 2 saturated heterocycles. The van der Waals surface area contributed by atoms with E-state index >= 15 is 0 Å². The highest BCUT2D eigenvalue weighted by Gasteiger charge is 2.40. The van der Waals surface area contributed by atoms with Gasteiger partial charge in [0.25, 0.3) is 0 Å². The fraction of sp³-hybridized carbons (Fsp3) is 0.867. The topological polar surface area (TPSA) is 21.3 Å².